The Morgan fingerprint density at radius 3 is 3.10 bits per heavy atom. The van der Waals surface area contributed by atoms with E-state index in [4.69, 9.17) is 16.6 Å². The van der Waals surface area contributed by atoms with Gasteiger partial charge < -0.3 is 10.2 Å². The fourth-order valence-corrected chi connectivity index (χ4v) is 5.13. The van der Waals surface area contributed by atoms with E-state index in [-0.39, 0.29) is 11.2 Å². The number of hydrogen-bond donors (Lipinski definition) is 2. The number of H-pyrrole nitrogens is 1. The van der Waals surface area contributed by atoms with Gasteiger partial charge in [0, 0.05) is 31.1 Å². The molecular formula is C20H25ClN8OS. The van der Waals surface area contributed by atoms with Crippen LogP contribution in [0.1, 0.15) is 26.7 Å². The van der Waals surface area contributed by atoms with Gasteiger partial charge in [-0.25, -0.2) is 4.98 Å². The van der Waals surface area contributed by atoms with Crippen molar-refractivity contribution in [3.05, 3.63) is 30.2 Å². The van der Waals surface area contributed by atoms with Crippen LogP contribution in [-0.2, 0) is 11.3 Å². The molecule has 0 bridgehead atoms. The second kappa shape index (κ2) is 9.27. The monoisotopic (exact) mass is 460 g/mol. The van der Waals surface area contributed by atoms with E-state index >= 15 is 0 Å². The molecule has 1 aliphatic rings. The lowest BCUT2D eigenvalue weighted by Gasteiger charge is -2.31. The summed E-state index contributed by atoms with van der Waals surface area (Å²) in [6.07, 6.45) is 6.96. The number of piperidine rings is 1. The molecule has 0 spiro atoms. The van der Waals surface area contributed by atoms with Gasteiger partial charge in [-0.2, -0.15) is 15.2 Å². The molecule has 9 nitrogen and oxygen atoms in total. The van der Waals surface area contributed by atoms with Crippen LogP contribution in [0.2, 0.25) is 5.15 Å². The molecule has 3 aromatic heterocycles. The zero-order chi connectivity index (χ0) is 22.0. The van der Waals surface area contributed by atoms with Crippen LogP contribution in [-0.4, -0.2) is 59.1 Å². The molecule has 164 valence electrons. The van der Waals surface area contributed by atoms with E-state index < -0.39 is 0 Å². The molecule has 2 N–H and O–H groups in total. The van der Waals surface area contributed by atoms with Gasteiger partial charge in [0.2, 0.25) is 11.9 Å². The molecule has 1 atom stereocenters. The second-order valence-corrected chi connectivity index (χ2v) is 9.60. The Labute approximate surface area is 189 Å². The third kappa shape index (κ3) is 5.01. The van der Waals surface area contributed by atoms with Gasteiger partial charge in [0.25, 0.3) is 0 Å². The number of nitrogens with zero attached hydrogens (tertiary/aromatic N) is 6. The number of amides is 1. The molecule has 1 aliphatic heterocycles. The van der Waals surface area contributed by atoms with E-state index in [9.17, 15) is 4.79 Å². The van der Waals surface area contributed by atoms with E-state index in [0.29, 0.717) is 34.6 Å². The van der Waals surface area contributed by atoms with Crippen LogP contribution < -0.4 is 5.32 Å². The number of aromatic amines is 1. The highest BCUT2D eigenvalue weighted by Crippen LogP contribution is 2.36. The Morgan fingerprint density at radius 1 is 1.48 bits per heavy atom. The summed E-state index contributed by atoms with van der Waals surface area (Å²) < 4.78 is 1.89. The van der Waals surface area contributed by atoms with Crippen LogP contribution in [0.15, 0.2) is 30.1 Å². The number of carbonyl (C=O) groups excluding carboxylic acids is 1. The lowest BCUT2D eigenvalue weighted by Crippen LogP contribution is -2.40. The van der Waals surface area contributed by atoms with Crippen molar-refractivity contribution in [3.63, 3.8) is 0 Å². The smallest absolute Gasteiger partial charge is 0.245 e. The number of aromatic nitrogens is 6. The van der Waals surface area contributed by atoms with Crippen LogP contribution >= 0.6 is 23.4 Å². The van der Waals surface area contributed by atoms with Gasteiger partial charge in [0.05, 0.1) is 17.3 Å². The highest BCUT2D eigenvalue weighted by atomic mass is 35.5. The van der Waals surface area contributed by atoms with Crippen LogP contribution in [0.4, 0.5) is 11.6 Å². The summed E-state index contributed by atoms with van der Waals surface area (Å²) in [5, 5.41) is 16.6. The molecule has 11 heteroatoms. The van der Waals surface area contributed by atoms with Crippen molar-refractivity contribution in [1.29, 1.82) is 0 Å². The van der Waals surface area contributed by atoms with Crippen molar-refractivity contribution in [2.75, 3.05) is 18.4 Å². The van der Waals surface area contributed by atoms with Gasteiger partial charge in [-0.05, 0) is 24.8 Å². The highest BCUT2D eigenvalue weighted by molar-refractivity contribution is 8.00. The van der Waals surface area contributed by atoms with E-state index in [1.54, 1.807) is 18.0 Å². The first-order valence-corrected chi connectivity index (χ1v) is 11.5. The zero-order valence-corrected chi connectivity index (χ0v) is 19.1. The van der Waals surface area contributed by atoms with E-state index in [1.165, 1.54) is 6.08 Å². The summed E-state index contributed by atoms with van der Waals surface area (Å²) in [5.74, 6) is 0.884. The lowest BCUT2D eigenvalue weighted by atomic mass is 10.1. The summed E-state index contributed by atoms with van der Waals surface area (Å²) in [6, 6.07) is 0. The number of anilines is 2. The third-order valence-electron chi connectivity index (χ3n) is 4.92. The van der Waals surface area contributed by atoms with Gasteiger partial charge in [0.15, 0.2) is 5.65 Å². The summed E-state index contributed by atoms with van der Waals surface area (Å²) in [4.78, 5) is 23.1. The predicted octanol–water partition coefficient (Wildman–Crippen LogP) is 3.87. The Morgan fingerprint density at radius 2 is 2.32 bits per heavy atom. The average molecular weight is 461 g/mol. The van der Waals surface area contributed by atoms with Crippen LogP contribution in [0, 0.1) is 5.92 Å². The first-order valence-electron chi connectivity index (χ1n) is 10.2. The van der Waals surface area contributed by atoms with Crippen LogP contribution in [0.3, 0.4) is 0 Å². The summed E-state index contributed by atoms with van der Waals surface area (Å²) in [6.45, 7) is 10.1. The largest absolute Gasteiger partial charge is 0.338 e. The minimum atomic E-state index is -0.0414. The van der Waals surface area contributed by atoms with Crippen molar-refractivity contribution >= 4 is 51.9 Å². The molecule has 1 amide bonds. The topological polar surface area (TPSA) is 105 Å². The molecule has 1 fully saturated rings. The highest BCUT2D eigenvalue weighted by Gasteiger charge is 2.25. The lowest BCUT2D eigenvalue weighted by molar-refractivity contribution is -0.126. The van der Waals surface area contributed by atoms with Gasteiger partial charge in [-0.3, -0.25) is 14.6 Å². The predicted molar refractivity (Wildman–Crippen MR) is 123 cm³/mol. The van der Waals surface area contributed by atoms with Crippen LogP contribution in [0.5, 0.6) is 0 Å². The molecule has 1 unspecified atom stereocenters. The third-order valence-corrected chi connectivity index (χ3v) is 6.43. The number of likely N-dealkylation sites (tertiary alicyclic amines) is 1. The van der Waals surface area contributed by atoms with Crippen molar-refractivity contribution in [1.82, 2.24) is 34.8 Å². The molecule has 0 radical (unpaired) electrons. The Bertz CT molecular complexity index is 1090. The fourth-order valence-electron chi connectivity index (χ4n) is 3.55. The maximum absolute atomic E-state index is 12.0. The number of hydrogen-bond acceptors (Lipinski definition) is 7. The van der Waals surface area contributed by atoms with Gasteiger partial charge in [-0.1, -0.05) is 32.0 Å². The molecule has 0 aromatic carbocycles. The van der Waals surface area contributed by atoms with Crippen molar-refractivity contribution in [2.45, 2.75) is 43.5 Å². The van der Waals surface area contributed by atoms with Crippen molar-refractivity contribution < 1.29 is 4.79 Å². The Kier molecular flexibility index (Phi) is 6.47. The molecule has 0 aliphatic carbocycles. The van der Waals surface area contributed by atoms with Gasteiger partial charge in [-0.15, -0.1) is 11.8 Å². The molecule has 31 heavy (non-hydrogen) atoms. The normalized spacial score (nSPS) is 16.8. The maximum Gasteiger partial charge on any atom is 0.245 e. The van der Waals surface area contributed by atoms with Gasteiger partial charge >= 0.3 is 0 Å². The first-order chi connectivity index (χ1) is 14.9. The minimum Gasteiger partial charge on any atom is -0.338 e. The molecule has 4 rings (SSSR count). The maximum atomic E-state index is 12.0. The molecule has 3 aromatic rings. The summed E-state index contributed by atoms with van der Waals surface area (Å²) in [5.41, 5.74) is 1.30. The number of nitrogens with one attached hydrogen (secondary N) is 2. The number of halogens is 1. The summed E-state index contributed by atoms with van der Waals surface area (Å²) >= 11 is 7.94. The number of fused-ring (bicyclic) bond motifs is 1. The fraction of sp³-hybridized carbons (Fsp3) is 0.450. The average Bonchev–Trinajstić information content (AvgIpc) is 3.33. The standard InChI is InChI=1S/C20H25ClN8OS/c1-4-15(30)28-7-5-6-14(11-28)31-19-16-17(21)26-27-18(16)24-20(25-19)23-13-8-22-29(10-13)9-12(2)3/h4,8,10,12,14H,1,5-7,9,11H2,2-3H3,(H2,23,24,25,26,27). The Balaban J connectivity index is 1.57. The number of rotatable bonds is 7. The van der Waals surface area contributed by atoms with Crippen molar-refractivity contribution in [3.8, 4) is 0 Å². The van der Waals surface area contributed by atoms with Crippen molar-refractivity contribution in [2.24, 2.45) is 5.92 Å². The van der Waals surface area contributed by atoms with Gasteiger partial charge in [0.1, 0.15) is 10.2 Å². The Hall–Kier alpha value is -2.59. The zero-order valence-electron chi connectivity index (χ0n) is 17.5. The quantitative estimate of drug-likeness (QED) is 0.407. The number of thioether (sulfide) groups is 1. The first kappa shape index (κ1) is 21.6. The molecular weight excluding hydrogens is 436 g/mol. The molecule has 1 saturated heterocycles. The molecule has 4 heterocycles. The second-order valence-electron chi connectivity index (χ2n) is 7.93. The minimum absolute atomic E-state index is 0.0414. The van der Waals surface area contributed by atoms with E-state index in [0.717, 1.165) is 36.6 Å². The SMILES string of the molecule is C=CC(=O)N1CCCC(Sc2nc(Nc3cnn(CC(C)C)c3)nc3n[nH]c(Cl)c23)C1. The van der Waals surface area contributed by atoms with E-state index in [2.05, 4.69) is 46.0 Å². The summed E-state index contributed by atoms with van der Waals surface area (Å²) in [7, 11) is 0. The molecule has 0 saturated carbocycles. The van der Waals surface area contributed by atoms with E-state index in [1.807, 2.05) is 15.8 Å². The van der Waals surface area contributed by atoms with Crippen LogP contribution in [0.25, 0.3) is 11.0 Å². The number of carbonyl (C=O) groups is 1.